The minimum atomic E-state index is -4.72. The molecular weight excluding hydrogens is 335 g/mol. The van der Waals surface area contributed by atoms with E-state index in [1.54, 1.807) is 19.1 Å². The Labute approximate surface area is 143 Å². The van der Waals surface area contributed by atoms with Crippen LogP contribution in [0, 0.1) is 6.92 Å². The molecule has 1 aliphatic rings. The third-order valence-corrected chi connectivity index (χ3v) is 3.86. The molecule has 0 saturated carbocycles. The fourth-order valence-corrected chi connectivity index (χ4v) is 2.72. The van der Waals surface area contributed by atoms with E-state index in [0.29, 0.717) is 30.4 Å². The molecule has 2 heterocycles. The number of nitrogens with one attached hydrogen (secondary N) is 1. The minimum Gasteiger partial charge on any atom is -0.405 e. The van der Waals surface area contributed by atoms with Crippen LogP contribution < -0.4 is 10.1 Å². The van der Waals surface area contributed by atoms with Crippen LogP contribution >= 0.6 is 0 Å². The van der Waals surface area contributed by atoms with Gasteiger partial charge in [-0.1, -0.05) is 18.2 Å². The minimum absolute atomic E-state index is 0.156. The van der Waals surface area contributed by atoms with E-state index in [9.17, 15) is 13.2 Å². The number of hydrogen-bond donors (Lipinski definition) is 1. The second-order valence-corrected chi connectivity index (χ2v) is 5.79. The van der Waals surface area contributed by atoms with Gasteiger partial charge in [-0.2, -0.15) is 0 Å². The van der Waals surface area contributed by atoms with Gasteiger partial charge in [-0.3, -0.25) is 0 Å². The summed E-state index contributed by atoms with van der Waals surface area (Å²) in [6.07, 6.45) is -3.82. The van der Waals surface area contributed by atoms with Crippen LogP contribution in [0.15, 0.2) is 30.3 Å². The predicted molar refractivity (Wildman–Crippen MR) is 85.4 cm³/mol. The van der Waals surface area contributed by atoms with Gasteiger partial charge in [-0.15, -0.1) is 13.2 Å². The van der Waals surface area contributed by atoms with E-state index in [0.717, 1.165) is 12.1 Å². The summed E-state index contributed by atoms with van der Waals surface area (Å²) in [5, 5.41) is 3.05. The van der Waals surface area contributed by atoms with Gasteiger partial charge in [-0.25, -0.2) is 9.97 Å². The summed E-state index contributed by atoms with van der Waals surface area (Å²) < 4.78 is 46.9. The van der Waals surface area contributed by atoms with Crippen molar-refractivity contribution in [2.75, 3.05) is 18.5 Å². The van der Waals surface area contributed by atoms with Gasteiger partial charge in [0.25, 0.3) is 0 Å². The van der Waals surface area contributed by atoms with Crippen molar-refractivity contribution in [2.24, 2.45) is 0 Å². The molecule has 1 aliphatic heterocycles. The number of para-hydroxylation sites is 1. The van der Waals surface area contributed by atoms with Crippen LogP contribution in [0.25, 0.3) is 0 Å². The molecular formula is C17H18F3N3O2. The van der Waals surface area contributed by atoms with E-state index in [4.69, 9.17) is 4.74 Å². The molecule has 1 saturated heterocycles. The molecule has 134 valence electrons. The van der Waals surface area contributed by atoms with Crippen molar-refractivity contribution in [1.29, 1.82) is 0 Å². The Kier molecular flexibility index (Phi) is 5.08. The molecule has 0 bridgehead atoms. The van der Waals surface area contributed by atoms with Crippen LogP contribution in [0.2, 0.25) is 0 Å². The summed E-state index contributed by atoms with van der Waals surface area (Å²) in [6, 6.07) is 7.84. The van der Waals surface area contributed by atoms with Crippen LogP contribution in [-0.2, 0) is 11.3 Å². The van der Waals surface area contributed by atoms with Gasteiger partial charge >= 0.3 is 6.36 Å². The monoisotopic (exact) mass is 353 g/mol. The van der Waals surface area contributed by atoms with Crippen LogP contribution in [0.5, 0.6) is 5.75 Å². The number of rotatable bonds is 5. The quantitative estimate of drug-likeness (QED) is 0.886. The molecule has 1 atom stereocenters. The smallest absolute Gasteiger partial charge is 0.405 e. The van der Waals surface area contributed by atoms with Gasteiger partial charge in [0.1, 0.15) is 17.4 Å². The van der Waals surface area contributed by atoms with E-state index in [-0.39, 0.29) is 18.2 Å². The van der Waals surface area contributed by atoms with E-state index < -0.39 is 6.36 Å². The van der Waals surface area contributed by atoms with Crippen molar-refractivity contribution >= 4 is 5.82 Å². The topological polar surface area (TPSA) is 56.3 Å². The summed E-state index contributed by atoms with van der Waals surface area (Å²) in [7, 11) is 0. The van der Waals surface area contributed by atoms with Gasteiger partial charge in [0, 0.05) is 30.7 Å². The van der Waals surface area contributed by atoms with Crippen molar-refractivity contribution in [1.82, 2.24) is 9.97 Å². The van der Waals surface area contributed by atoms with Gasteiger partial charge < -0.3 is 14.8 Å². The van der Waals surface area contributed by atoms with E-state index in [1.807, 2.05) is 6.07 Å². The van der Waals surface area contributed by atoms with Crippen LogP contribution in [0.3, 0.4) is 0 Å². The highest BCUT2D eigenvalue weighted by Gasteiger charge is 2.32. The van der Waals surface area contributed by atoms with Gasteiger partial charge in [-0.05, 0) is 19.4 Å². The lowest BCUT2D eigenvalue weighted by molar-refractivity contribution is -0.274. The van der Waals surface area contributed by atoms with Crippen LogP contribution in [0.4, 0.5) is 19.0 Å². The molecule has 0 amide bonds. The first-order chi connectivity index (χ1) is 11.9. The molecule has 0 aliphatic carbocycles. The first-order valence-corrected chi connectivity index (χ1v) is 7.91. The lowest BCUT2D eigenvalue weighted by Gasteiger charge is -2.15. The molecule has 1 fully saturated rings. The molecule has 8 heteroatoms. The summed E-state index contributed by atoms with van der Waals surface area (Å²) in [6.45, 7) is 3.27. The molecule has 1 aromatic heterocycles. The Hall–Kier alpha value is -2.35. The number of alkyl halides is 3. The van der Waals surface area contributed by atoms with E-state index >= 15 is 0 Å². The molecule has 0 spiro atoms. The summed E-state index contributed by atoms with van der Waals surface area (Å²) in [4.78, 5) is 8.73. The molecule has 0 radical (unpaired) electrons. The molecule has 1 N–H and O–H groups in total. The number of nitrogens with zero attached hydrogens (tertiary/aromatic N) is 2. The van der Waals surface area contributed by atoms with Crippen molar-refractivity contribution in [3.8, 4) is 5.75 Å². The average Bonchev–Trinajstić information content (AvgIpc) is 3.06. The molecule has 2 aromatic rings. The predicted octanol–water partition coefficient (Wildman–Crippen LogP) is 3.80. The Morgan fingerprint density at radius 2 is 2.08 bits per heavy atom. The number of benzene rings is 1. The van der Waals surface area contributed by atoms with E-state index in [2.05, 4.69) is 20.0 Å². The molecule has 5 nitrogen and oxygen atoms in total. The zero-order valence-electron chi connectivity index (χ0n) is 13.6. The summed E-state index contributed by atoms with van der Waals surface area (Å²) in [5.41, 5.74) is 1.27. The van der Waals surface area contributed by atoms with Crippen LogP contribution in [0.1, 0.15) is 29.4 Å². The number of aromatic nitrogens is 2. The van der Waals surface area contributed by atoms with Crippen LogP contribution in [-0.4, -0.2) is 29.5 Å². The maximum atomic E-state index is 12.5. The third-order valence-electron chi connectivity index (χ3n) is 3.86. The van der Waals surface area contributed by atoms with Crippen molar-refractivity contribution in [2.45, 2.75) is 32.2 Å². The van der Waals surface area contributed by atoms with Gasteiger partial charge in [0.15, 0.2) is 0 Å². The molecule has 3 rings (SSSR count). The maximum absolute atomic E-state index is 12.5. The number of ether oxygens (including phenoxy) is 2. The number of anilines is 1. The summed E-state index contributed by atoms with van der Waals surface area (Å²) >= 11 is 0. The fraction of sp³-hybridized carbons (Fsp3) is 0.412. The fourth-order valence-electron chi connectivity index (χ4n) is 2.72. The number of aryl methyl sites for hydroxylation is 1. The Bertz CT molecular complexity index is 731. The zero-order chi connectivity index (χ0) is 17.9. The largest absolute Gasteiger partial charge is 0.573 e. The second kappa shape index (κ2) is 7.26. The normalized spacial score (nSPS) is 17.5. The Morgan fingerprint density at radius 3 is 2.80 bits per heavy atom. The standard InChI is InChI=1S/C17H18F3N3O2/c1-11-22-14(13-6-7-24-10-13)8-16(23-11)21-9-12-4-2-3-5-15(12)25-17(18,19)20/h2-5,8,13H,6-7,9-10H2,1H3,(H,21,22,23)/t13-/m0/s1. The third kappa shape index (κ3) is 4.82. The lowest BCUT2D eigenvalue weighted by atomic mass is 10.0. The highest BCUT2D eigenvalue weighted by Crippen LogP contribution is 2.28. The van der Waals surface area contributed by atoms with Gasteiger partial charge in [0.2, 0.25) is 0 Å². The van der Waals surface area contributed by atoms with Gasteiger partial charge in [0.05, 0.1) is 12.3 Å². The SMILES string of the molecule is Cc1nc(NCc2ccccc2OC(F)(F)F)cc([C@H]2CCOC2)n1. The summed E-state index contributed by atoms with van der Waals surface area (Å²) in [5.74, 6) is 1.17. The van der Waals surface area contributed by atoms with Crippen molar-refractivity contribution in [3.63, 3.8) is 0 Å². The maximum Gasteiger partial charge on any atom is 0.573 e. The average molecular weight is 353 g/mol. The van der Waals surface area contributed by atoms with Crippen molar-refractivity contribution < 1.29 is 22.6 Å². The van der Waals surface area contributed by atoms with E-state index in [1.165, 1.54) is 12.1 Å². The zero-order valence-corrected chi connectivity index (χ0v) is 13.6. The molecule has 0 unspecified atom stereocenters. The first kappa shape index (κ1) is 17.5. The first-order valence-electron chi connectivity index (χ1n) is 7.91. The lowest BCUT2D eigenvalue weighted by Crippen LogP contribution is -2.18. The second-order valence-electron chi connectivity index (χ2n) is 5.79. The Morgan fingerprint density at radius 1 is 1.28 bits per heavy atom. The highest BCUT2D eigenvalue weighted by atomic mass is 19.4. The molecule has 25 heavy (non-hydrogen) atoms. The number of hydrogen-bond acceptors (Lipinski definition) is 5. The Balaban J connectivity index is 1.74. The number of halogens is 3. The van der Waals surface area contributed by atoms with Crippen molar-refractivity contribution in [3.05, 3.63) is 47.4 Å². The molecule has 1 aromatic carbocycles. The highest BCUT2D eigenvalue weighted by molar-refractivity contribution is 5.41.